The van der Waals surface area contributed by atoms with Gasteiger partial charge in [0.1, 0.15) is 0 Å². The third-order valence-corrected chi connectivity index (χ3v) is 4.86. The summed E-state index contributed by atoms with van der Waals surface area (Å²) in [7, 11) is 3.22. The summed E-state index contributed by atoms with van der Waals surface area (Å²) in [6, 6.07) is 10.1. The van der Waals surface area contributed by atoms with Gasteiger partial charge < -0.3 is 14.4 Å². The lowest BCUT2D eigenvalue weighted by atomic mass is 10.0. The molecule has 0 aromatic heterocycles. The first-order valence-corrected chi connectivity index (χ1v) is 8.76. The van der Waals surface area contributed by atoms with Crippen LogP contribution in [0.5, 0.6) is 11.5 Å². The van der Waals surface area contributed by atoms with Crippen molar-refractivity contribution in [1.29, 1.82) is 0 Å². The second-order valence-electron chi connectivity index (χ2n) is 6.46. The molecule has 7 heteroatoms. The first kappa shape index (κ1) is 18.7. The summed E-state index contributed by atoms with van der Waals surface area (Å²) in [5.41, 5.74) is 3.13. The molecule has 7 nitrogen and oxygen atoms in total. The number of hydrogen-bond acceptors (Lipinski definition) is 5. The Balaban J connectivity index is 1.68. The van der Waals surface area contributed by atoms with Crippen molar-refractivity contribution in [3.05, 3.63) is 63.2 Å². The van der Waals surface area contributed by atoms with E-state index in [-0.39, 0.29) is 18.0 Å². The minimum absolute atomic E-state index is 0.0237. The summed E-state index contributed by atoms with van der Waals surface area (Å²) in [4.78, 5) is 24.8. The van der Waals surface area contributed by atoms with Gasteiger partial charge in [-0.3, -0.25) is 14.9 Å². The van der Waals surface area contributed by atoms with Crippen LogP contribution in [-0.2, 0) is 24.1 Å². The molecule has 0 N–H and O–H groups in total. The predicted octanol–water partition coefficient (Wildman–Crippen LogP) is 2.78. The maximum atomic E-state index is 12.7. The maximum Gasteiger partial charge on any atom is 0.269 e. The molecule has 0 aliphatic carbocycles. The number of ether oxygens (including phenoxy) is 2. The monoisotopic (exact) mass is 370 g/mol. The van der Waals surface area contributed by atoms with Gasteiger partial charge in [0.05, 0.1) is 25.6 Å². The van der Waals surface area contributed by atoms with Gasteiger partial charge in [0, 0.05) is 25.2 Å². The minimum atomic E-state index is -0.444. The van der Waals surface area contributed by atoms with Crippen molar-refractivity contribution in [3.8, 4) is 11.5 Å². The lowest BCUT2D eigenvalue weighted by molar-refractivity contribution is -0.384. The zero-order valence-corrected chi connectivity index (χ0v) is 15.4. The van der Waals surface area contributed by atoms with E-state index in [1.165, 1.54) is 23.3 Å². The number of nitro benzene ring substituents is 1. The molecule has 0 radical (unpaired) electrons. The predicted molar refractivity (Wildman–Crippen MR) is 100 cm³/mol. The number of nitro groups is 1. The lowest BCUT2D eigenvalue weighted by Crippen LogP contribution is -2.34. The van der Waals surface area contributed by atoms with Crippen molar-refractivity contribution in [2.45, 2.75) is 19.3 Å². The number of amides is 1. The molecule has 0 fully saturated rings. The highest BCUT2D eigenvalue weighted by Gasteiger charge is 2.21. The number of non-ortho nitro benzene ring substituents is 1. The molecule has 2 aromatic rings. The van der Waals surface area contributed by atoms with Crippen LogP contribution in [0.2, 0.25) is 0 Å². The molecule has 1 heterocycles. The Morgan fingerprint density at radius 3 is 2.00 bits per heavy atom. The fourth-order valence-electron chi connectivity index (χ4n) is 3.32. The van der Waals surface area contributed by atoms with Crippen LogP contribution in [0.4, 0.5) is 5.69 Å². The Hall–Kier alpha value is -3.09. The third-order valence-electron chi connectivity index (χ3n) is 4.86. The fraction of sp³-hybridized carbons (Fsp3) is 0.350. The van der Waals surface area contributed by atoms with Gasteiger partial charge in [0.15, 0.2) is 11.5 Å². The Labute approximate surface area is 157 Å². The van der Waals surface area contributed by atoms with E-state index < -0.39 is 4.92 Å². The number of carbonyl (C=O) groups is 1. The molecule has 0 spiro atoms. The van der Waals surface area contributed by atoms with Crippen LogP contribution in [-0.4, -0.2) is 43.0 Å². The Morgan fingerprint density at radius 2 is 1.56 bits per heavy atom. The van der Waals surface area contributed by atoms with Crippen molar-refractivity contribution in [2.75, 3.05) is 27.3 Å². The number of hydrogen-bond donors (Lipinski definition) is 0. The zero-order valence-electron chi connectivity index (χ0n) is 15.4. The molecule has 0 saturated heterocycles. The maximum absolute atomic E-state index is 12.7. The molecule has 1 aliphatic rings. The Kier molecular flexibility index (Phi) is 5.59. The van der Waals surface area contributed by atoms with Gasteiger partial charge in [0.2, 0.25) is 5.91 Å². The fourth-order valence-corrected chi connectivity index (χ4v) is 3.32. The molecule has 1 amide bonds. The lowest BCUT2D eigenvalue weighted by Gasteiger charge is -2.20. The van der Waals surface area contributed by atoms with E-state index in [1.807, 2.05) is 17.0 Å². The summed E-state index contributed by atoms with van der Waals surface area (Å²) >= 11 is 0. The second-order valence-corrected chi connectivity index (χ2v) is 6.46. The largest absolute Gasteiger partial charge is 0.493 e. The first-order valence-electron chi connectivity index (χ1n) is 8.76. The number of rotatable bonds is 5. The van der Waals surface area contributed by atoms with Crippen LogP contribution in [0.1, 0.15) is 16.7 Å². The molecule has 0 saturated carbocycles. The van der Waals surface area contributed by atoms with Crippen LogP contribution >= 0.6 is 0 Å². The Morgan fingerprint density at radius 1 is 1.04 bits per heavy atom. The normalized spacial score (nSPS) is 13.5. The number of methoxy groups -OCH3 is 2. The number of nitrogens with zero attached hydrogens (tertiary/aromatic N) is 2. The molecule has 3 rings (SSSR count). The SMILES string of the molecule is COc1cc2c(cc1OC)CCN(C(=O)Cc1ccc([N+](=O)[O-])cc1)CC2. The van der Waals surface area contributed by atoms with Crippen LogP contribution in [0, 0.1) is 10.1 Å². The van der Waals surface area contributed by atoms with E-state index in [0.717, 1.165) is 18.4 Å². The molecule has 27 heavy (non-hydrogen) atoms. The number of carbonyl (C=O) groups excluding carboxylic acids is 1. The van der Waals surface area contributed by atoms with Crippen LogP contribution in [0.3, 0.4) is 0 Å². The van der Waals surface area contributed by atoms with Gasteiger partial charge in [-0.2, -0.15) is 0 Å². The molecule has 0 atom stereocenters. The van der Waals surface area contributed by atoms with E-state index in [4.69, 9.17) is 9.47 Å². The summed E-state index contributed by atoms with van der Waals surface area (Å²) in [5.74, 6) is 1.42. The molecule has 0 bridgehead atoms. The molecular weight excluding hydrogens is 348 g/mol. The summed E-state index contributed by atoms with van der Waals surface area (Å²) in [6.07, 6.45) is 1.74. The quantitative estimate of drug-likeness (QED) is 0.597. The van der Waals surface area contributed by atoms with Crippen molar-refractivity contribution in [1.82, 2.24) is 4.90 Å². The molecule has 142 valence electrons. The van der Waals surface area contributed by atoms with Crippen molar-refractivity contribution >= 4 is 11.6 Å². The van der Waals surface area contributed by atoms with Gasteiger partial charge in [0.25, 0.3) is 5.69 Å². The van der Waals surface area contributed by atoms with Gasteiger partial charge in [-0.25, -0.2) is 0 Å². The van der Waals surface area contributed by atoms with Gasteiger partial charge in [-0.15, -0.1) is 0 Å². The molecular formula is C20H22N2O5. The van der Waals surface area contributed by atoms with E-state index in [1.54, 1.807) is 26.4 Å². The van der Waals surface area contributed by atoms with Crippen LogP contribution in [0.25, 0.3) is 0 Å². The van der Waals surface area contributed by atoms with E-state index >= 15 is 0 Å². The molecule has 2 aromatic carbocycles. The van der Waals surface area contributed by atoms with E-state index in [2.05, 4.69) is 0 Å². The van der Waals surface area contributed by atoms with Gasteiger partial charge in [-0.1, -0.05) is 12.1 Å². The van der Waals surface area contributed by atoms with E-state index in [9.17, 15) is 14.9 Å². The van der Waals surface area contributed by atoms with Gasteiger partial charge in [-0.05, 0) is 41.7 Å². The topological polar surface area (TPSA) is 81.9 Å². The highest BCUT2D eigenvalue weighted by atomic mass is 16.6. The smallest absolute Gasteiger partial charge is 0.269 e. The summed E-state index contributed by atoms with van der Waals surface area (Å²) < 4.78 is 10.7. The third kappa shape index (κ3) is 4.19. The average molecular weight is 370 g/mol. The number of benzene rings is 2. The Bertz CT molecular complexity index is 813. The highest BCUT2D eigenvalue weighted by Crippen LogP contribution is 2.32. The van der Waals surface area contributed by atoms with E-state index in [0.29, 0.717) is 24.6 Å². The average Bonchev–Trinajstić information content (AvgIpc) is 2.89. The highest BCUT2D eigenvalue weighted by molar-refractivity contribution is 5.79. The first-order chi connectivity index (χ1) is 13.0. The molecule has 0 unspecified atom stereocenters. The minimum Gasteiger partial charge on any atom is -0.493 e. The standard InChI is InChI=1S/C20H22N2O5/c1-26-18-12-15-7-9-21(10-8-16(15)13-19(18)27-2)20(23)11-14-3-5-17(6-4-14)22(24)25/h3-6,12-13H,7-11H2,1-2H3. The van der Waals surface area contributed by atoms with Crippen LogP contribution in [0.15, 0.2) is 36.4 Å². The van der Waals surface area contributed by atoms with Crippen LogP contribution < -0.4 is 9.47 Å². The molecule has 1 aliphatic heterocycles. The van der Waals surface area contributed by atoms with Gasteiger partial charge >= 0.3 is 0 Å². The second kappa shape index (κ2) is 8.07. The van der Waals surface area contributed by atoms with Crippen molar-refractivity contribution < 1.29 is 19.2 Å². The van der Waals surface area contributed by atoms with Crippen molar-refractivity contribution in [2.24, 2.45) is 0 Å². The zero-order chi connectivity index (χ0) is 19.4. The summed E-state index contributed by atoms with van der Waals surface area (Å²) in [6.45, 7) is 1.27. The summed E-state index contributed by atoms with van der Waals surface area (Å²) in [5, 5.41) is 10.7. The van der Waals surface area contributed by atoms with Crippen molar-refractivity contribution in [3.63, 3.8) is 0 Å². The number of fused-ring (bicyclic) bond motifs is 1.